The minimum Gasteiger partial charge on any atom is -0.453 e. The van der Waals surface area contributed by atoms with E-state index in [0.29, 0.717) is 21.5 Å². The molecule has 0 atom stereocenters. The summed E-state index contributed by atoms with van der Waals surface area (Å²) < 4.78 is 64.8. The third kappa shape index (κ3) is 6.07. The van der Waals surface area contributed by atoms with Crippen LogP contribution in [0.4, 0.5) is 23.2 Å². The van der Waals surface area contributed by atoms with E-state index in [1.165, 1.54) is 46.7 Å². The highest BCUT2D eigenvalue weighted by Crippen LogP contribution is 2.40. The molecule has 1 N–H and O–H groups in total. The molecule has 3 heterocycles. The first-order valence-electron chi connectivity index (χ1n) is 13.8. The van der Waals surface area contributed by atoms with Gasteiger partial charge in [0.2, 0.25) is 0 Å². The maximum Gasteiger partial charge on any atom is 0.432 e. The van der Waals surface area contributed by atoms with Crippen LogP contribution in [0.25, 0.3) is 26.3 Å². The lowest BCUT2D eigenvalue weighted by Crippen LogP contribution is -2.21. The quantitative estimate of drug-likeness (QED) is 0.177. The highest BCUT2D eigenvalue weighted by molar-refractivity contribution is 7.22. The van der Waals surface area contributed by atoms with E-state index in [0.717, 1.165) is 33.3 Å². The number of carbonyl (C=O) groups is 2. The Morgan fingerprint density at radius 3 is 2.33 bits per heavy atom. The summed E-state index contributed by atoms with van der Waals surface area (Å²) in [6.07, 6.45) is -2.14. The summed E-state index contributed by atoms with van der Waals surface area (Å²) in [6, 6.07) is 23.1. The van der Waals surface area contributed by atoms with Gasteiger partial charge in [0, 0.05) is 60.4 Å². The van der Waals surface area contributed by atoms with Gasteiger partial charge in [0.15, 0.2) is 11.6 Å². The van der Waals surface area contributed by atoms with Crippen molar-refractivity contribution >= 4 is 39.1 Å². The van der Waals surface area contributed by atoms with Gasteiger partial charge in [0.25, 0.3) is 11.8 Å². The van der Waals surface area contributed by atoms with E-state index in [1.807, 2.05) is 18.2 Å². The van der Waals surface area contributed by atoms with Crippen LogP contribution in [0.5, 0.6) is 11.5 Å². The molecule has 0 unspecified atom stereocenters. The standard InChI is InChI=1S/C34H24F4N4O3S/c1-41(2)33(44)21-10-8-20(9-11-21)29-19-26-30(46-29)28(14-16-39-26)45-27-13-12-22(18-25(27)35)40-32(43)24-15-17-42(31(24)34(36,37)38)23-6-4-3-5-7-23/h3-19H,1-2H3,(H,40,43). The Balaban J connectivity index is 1.22. The average molecular weight is 645 g/mol. The van der Waals surface area contributed by atoms with Gasteiger partial charge in [-0.05, 0) is 54.1 Å². The number of halogens is 4. The highest BCUT2D eigenvalue weighted by Gasteiger charge is 2.39. The summed E-state index contributed by atoms with van der Waals surface area (Å²) in [7, 11) is 3.36. The zero-order chi connectivity index (χ0) is 32.6. The van der Waals surface area contributed by atoms with E-state index in [2.05, 4.69) is 10.3 Å². The topological polar surface area (TPSA) is 76.5 Å². The SMILES string of the molecule is CN(C)C(=O)c1ccc(-c2cc3nccc(Oc4ccc(NC(=O)c5ccn(-c6ccccc6)c5C(F)(F)F)cc4F)c3s2)cc1. The van der Waals surface area contributed by atoms with Crippen LogP contribution in [0.15, 0.2) is 103 Å². The van der Waals surface area contributed by atoms with Crippen LogP contribution in [0.2, 0.25) is 0 Å². The van der Waals surface area contributed by atoms with Crippen LogP contribution >= 0.6 is 11.3 Å². The van der Waals surface area contributed by atoms with Crippen LogP contribution in [-0.2, 0) is 6.18 Å². The molecule has 46 heavy (non-hydrogen) atoms. The number of pyridine rings is 1. The second kappa shape index (κ2) is 12.1. The van der Waals surface area contributed by atoms with Gasteiger partial charge in [-0.1, -0.05) is 30.3 Å². The number of nitrogens with one attached hydrogen (secondary N) is 1. The molecule has 0 aliphatic heterocycles. The normalized spacial score (nSPS) is 11.4. The molecule has 6 rings (SSSR count). The summed E-state index contributed by atoms with van der Waals surface area (Å²) >= 11 is 1.38. The Morgan fingerprint density at radius 2 is 1.65 bits per heavy atom. The molecule has 0 saturated heterocycles. The minimum absolute atomic E-state index is 0.0510. The molecular formula is C34H24F4N4O3S. The van der Waals surface area contributed by atoms with E-state index < -0.39 is 29.2 Å². The van der Waals surface area contributed by atoms with E-state index in [9.17, 15) is 22.8 Å². The molecule has 7 nitrogen and oxygen atoms in total. The van der Waals surface area contributed by atoms with Gasteiger partial charge in [-0.2, -0.15) is 13.2 Å². The van der Waals surface area contributed by atoms with Gasteiger partial charge >= 0.3 is 6.18 Å². The van der Waals surface area contributed by atoms with E-state index in [-0.39, 0.29) is 23.0 Å². The number of thiophene rings is 1. The first-order valence-corrected chi connectivity index (χ1v) is 14.6. The Kier molecular flexibility index (Phi) is 8.05. The fraction of sp³-hybridized carbons (Fsp3) is 0.0882. The number of nitrogens with zero attached hydrogens (tertiary/aromatic N) is 3. The van der Waals surface area contributed by atoms with Crippen molar-refractivity contribution in [1.29, 1.82) is 0 Å². The van der Waals surface area contributed by atoms with Crippen molar-refractivity contribution in [1.82, 2.24) is 14.5 Å². The lowest BCUT2D eigenvalue weighted by Gasteiger charge is -2.15. The number of hydrogen-bond acceptors (Lipinski definition) is 5. The van der Waals surface area contributed by atoms with Gasteiger partial charge in [0.1, 0.15) is 11.4 Å². The monoisotopic (exact) mass is 644 g/mol. The fourth-order valence-corrected chi connectivity index (χ4v) is 5.93. The number of amides is 2. The van der Waals surface area contributed by atoms with Crippen LogP contribution in [0.3, 0.4) is 0 Å². The van der Waals surface area contributed by atoms with E-state index in [4.69, 9.17) is 4.74 Å². The summed E-state index contributed by atoms with van der Waals surface area (Å²) in [4.78, 5) is 31.9. The van der Waals surface area contributed by atoms with Crippen molar-refractivity contribution in [2.24, 2.45) is 0 Å². The largest absolute Gasteiger partial charge is 0.453 e. The van der Waals surface area contributed by atoms with Crippen LogP contribution in [0, 0.1) is 5.82 Å². The highest BCUT2D eigenvalue weighted by atomic mass is 32.1. The number of ether oxygens (including phenoxy) is 1. The molecule has 12 heteroatoms. The van der Waals surface area contributed by atoms with Crippen molar-refractivity contribution in [2.75, 3.05) is 19.4 Å². The van der Waals surface area contributed by atoms with Crippen LogP contribution < -0.4 is 10.1 Å². The molecule has 0 fully saturated rings. The molecule has 232 valence electrons. The van der Waals surface area contributed by atoms with Gasteiger partial charge in [0.05, 0.1) is 15.8 Å². The van der Waals surface area contributed by atoms with Gasteiger partial charge in [-0.15, -0.1) is 11.3 Å². The van der Waals surface area contributed by atoms with Crippen molar-refractivity contribution in [2.45, 2.75) is 6.18 Å². The Labute approximate surface area is 264 Å². The van der Waals surface area contributed by atoms with Crippen LogP contribution in [0.1, 0.15) is 26.4 Å². The third-order valence-corrected chi connectivity index (χ3v) is 8.23. The maximum absolute atomic E-state index is 15.2. The Bertz CT molecular complexity index is 2070. The summed E-state index contributed by atoms with van der Waals surface area (Å²) in [5, 5.41) is 2.36. The number of hydrogen-bond donors (Lipinski definition) is 1. The number of para-hydroxylation sites is 1. The lowest BCUT2D eigenvalue weighted by molar-refractivity contribution is -0.142. The smallest absolute Gasteiger partial charge is 0.432 e. The fourth-order valence-electron chi connectivity index (χ4n) is 4.86. The lowest BCUT2D eigenvalue weighted by atomic mass is 10.1. The molecule has 0 radical (unpaired) electrons. The Morgan fingerprint density at radius 1 is 0.913 bits per heavy atom. The second-order valence-electron chi connectivity index (χ2n) is 10.4. The number of carbonyl (C=O) groups excluding carboxylic acids is 2. The van der Waals surface area contributed by atoms with Crippen molar-refractivity contribution < 1.29 is 31.9 Å². The second-order valence-corrected chi connectivity index (χ2v) is 11.4. The molecule has 0 saturated carbocycles. The van der Waals surface area contributed by atoms with E-state index >= 15 is 4.39 Å². The van der Waals surface area contributed by atoms with Crippen molar-refractivity contribution in [3.63, 3.8) is 0 Å². The van der Waals surface area contributed by atoms with Crippen molar-refractivity contribution in [3.8, 4) is 27.6 Å². The molecule has 0 spiro atoms. The summed E-state index contributed by atoms with van der Waals surface area (Å²) in [5.74, 6) is -1.80. The zero-order valence-electron chi connectivity index (χ0n) is 24.3. The molecule has 6 aromatic rings. The molecular weight excluding hydrogens is 620 g/mol. The summed E-state index contributed by atoms with van der Waals surface area (Å²) in [6.45, 7) is 0. The molecule has 0 aliphatic carbocycles. The van der Waals surface area contributed by atoms with Gasteiger partial charge in [-0.3, -0.25) is 14.6 Å². The first-order chi connectivity index (χ1) is 22.0. The predicted molar refractivity (Wildman–Crippen MR) is 168 cm³/mol. The Hall–Kier alpha value is -5.49. The average Bonchev–Trinajstić information content (AvgIpc) is 3.69. The predicted octanol–water partition coefficient (Wildman–Crippen LogP) is 8.66. The number of aromatic nitrogens is 2. The van der Waals surface area contributed by atoms with Gasteiger partial charge in [-0.25, -0.2) is 4.39 Å². The number of anilines is 1. The molecule has 0 aliphatic rings. The number of rotatable bonds is 7. The number of fused-ring (bicyclic) bond motifs is 1. The van der Waals surface area contributed by atoms with Crippen LogP contribution in [-0.4, -0.2) is 40.4 Å². The van der Waals surface area contributed by atoms with Crippen molar-refractivity contribution in [3.05, 3.63) is 126 Å². The van der Waals surface area contributed by atoms with E-state index in [1.54, 1.807) is 50.5 Å². The summed E-state index contributed by atoms with van der Waals surface area (Å²) in [5.41, 5.74) is 0.471. The number of alkyl halides is 3. The molecule has 3 aromatic carbocycles. The third-order valence-electron chi connectivity index (χ3n) is 7.04. The molecule has 2 amide bonds. The first kappa shape index (κ1) is 30.5. The zero-order valence-corrected chi connectivity index (χ0v) is 25.1. The van der Waals surface area contributed by atoms with Gasteiger partial charge < -0.3 is 19.5 Å². The molecule has 3 aromatic heterocycles. The number of benzene rings is 3. The maximum atomic E-state index is 15.2. The minimum atomic E-state index is -4.83. The molecule has 0 bridgehead atoms.